The van der Waals surface area contributed by atoms with Gasteiger partial charge in [-0.1, -0.05) is 36.4 Å². The Morgan fingerprint density at radius 2 is 1.47 bits per heavy atom. The van der Waals surface area contributed by atoms with Gasteiger partial charge in [-0.05, 0) is 83.1 Å². The van der Waals surface area contributed by atoms with Crippen molar-refractivity contribution in [1.82, 2.24) is 4.57 Å². The largest absolute Gasteiger partial charge is 0.507 e. The fraction of sp³-hybridized carbons (Fsp3) is 0.0385. The summed E-state index contributed by atoms with van der Waals surface area (Å²) in [5.74, 6) is 0.202. The van der Waals surface area contributed by atoms with Crippen LogP contribution in [0.4, 0.5) is 0 Å². The average molecular weight is 500 g/mol. The highest BCUT2D eigenvalue weighted by molar-refractivity contribution is 14.1. The first-order valence-electron chi connectivity index (χ1n) is 9.60. The van der Waals surface area contributed by atoms with Gasteiger partial charge >= 0.3 is 0 Å². The second kappa shape index (κ2) is 7.19. The number of halogens is 1. The van der Waals surface area contributed by atoms with Crippen molar-refractivity contribution < 1.29 is 5.11 Å². The van der Waals surface area contributed by atoms with Gasteiger partial charge in [0.1, 0.15) is 5.75 Å². The van der Waals surface area contributed by atoms with Crippen LogP contribution in [-0.2, 0) is 0 Å². The summed E-state index contributed by atoms with van der Waals surface area (Å²) >= 11 is 2.24. The van der Waals surface area contributed by atoms with E-state index in [9.17, 15) is 10.4 Å². The first kappa shape index (κ1) is 18.7. The number of nitrogens with zero attached hydrogens (tertiary/aromatic N) is 2. The summed E-state index contributed by atoms with van der Waals surface area (Å²) in [4.78, 5) is 0. The van der Waals surface area contributed by atoms with E-state index >= 15 is 0 Å². The second-order valence-corrected chi connectivity index (χ2v) is 8.48. The molecule has 1 aromatic heterocycles. The molecule has 4 aromatic carbocycles. The highest BCUT2D eigenvalue weighted by Gasteiger charge is 2.16. The molecule has 0 aliphatic heterocycles. The van der Waals surface area contributed by atoms with Crippen molar-refractivity contribution in [2.45, 2.75) is 6.92 Å². The molecule has 0 unspecified atom stereocenters. The Balaban J connectivity index is 1.83. The average Bonchev–Trinajstić information content (AvgIpc) is 3.11. The standard InChI is InChI=1S/C26H17IN2O/c1-16-21(12-17(15-28)13-23(16)27)22-14-18(10-11-26(22)30)29-24-8-4-2-6-19(24)20-7-3-5-9-25(20)29/h2-14,30H,1H3. The Labute approximate surface area is 188 Å². The van der Waals surface area contributed by atoms with Crippen LogP contribution in [0.25, 0.3) is 38.6 Å². The maximum atomic E-state index is 10.7. The number of nitriles is 1. The first-order valence-corrected chi connectivity index (χ1v) is 10.7. The minimum Gasteiger partial charge on any atom is -0.507 e. The van der Waals surface area contributed by atoms with Gasteiger partial charge in [-0.3, -0.25) is 0 Å². The molecule has 0 aliphatic carbocycles. The van der Waals surface area contributed by atoms with Crippen molar-refractivity contribution in [3.63, 3.8) is 0 Å². The van der Waals surface area contributed by atoms with Crippen molar-refractivity contribution in [2.75, 3.05) is 0 Å². The van der Waals surface area contributed by atoms with Crippen molar-refractivity contribution in [3.8, 4) is 28.6 Å². The van der Waals surface area contributed by atoms with Crippen molar-refractivity contribution >= 4 is 44.4 Å². The van der Waals surface area contributed by atoms with E-state index in [1.54, 1.807) is 6.07 Å². The number of hydrogen-bond donors (Lipinski definition) is 1. The maximum absolute atomic E-state index is 10.7. The lowest BCUT2D eigenvalue weighted by Crippen LogP contribution is -1.96. The lowest BCUT2D eigenvalue weighted by molar-refractivity contribution is 0.477. The van der Waals surface area contributed by atoms with E-state index < -0.39 is 0 Å². The molecule has 1 N–H and O–H groups in total. The van der Waals surface area contributed by atoms with Crippen LogP contribution in [0.5, 0.6) is 5.75 Å². The topological polar surface area (TPSA) is 49.0 Å². The van der Waals surface area contributed by atoms with Gasteiger partial charge in [-0.2, -0.15) is 5.26 Å². The van der Waals surface area contributed by atoms with Gasteiger partial charge < -0.3 is 9.67 Å². The van der Waals surface area contributed by atoms with Gasteiger partial charge in [-0.15, -0.1) is 0 Å². The molecule has 0 atom stereocenters. The number of phenolic OH excluding ortho intramolecular Hbond substituents is 1. The zero-order chi connectivity index (χ0) is 20.8. The summed E-state index contributed by atoms with van der Waals surface area (Å²) in [5, 5.41) is 22.5. The van der Waals surface area contributed by atoms with Crippen molar-refractivity contribution in [3.05, 3.63) is 93.6 Å². The predicted octanol–water partition coefficient (Wildman–Crippen LogP) is 6.94. The minimum atomic E-state index is 0.202. The molecule has 0 fully saturated rings. The molecule has 0 saturated heterocycles. The zero-order valence-electron chi connectivity index (χ0n) is 16.2. The van der Waals surface area contributed by atoms with E-state index in [0.29, 0.717) is 5.56 Å². The molecule has 0 amide bonds. The molecule has 5 rings (SSSR count). The van der Waals surface area contributed by atoms with Gasteiger partial charge in [0.25, 0.3) is 0 Å². The quantitative estimate of drug-likeness (QED) is 0.267. The summed E-state index contributed by atoms with van der Waals surface area (Å²) < 4.78 is 3.23. The third kappa shape index (κ3) is 2.86. The van der Waals surface area contributed by atoms with Crippen LogP contribution in [0.3, 0.4) is 0 Å². The van der Waals surface area contributed by atoms with Crippen LogP contribution in [0.1, 0.15) is 11.1 Å². The van der Waals surface area contributed by atoms with E-state index in [2.05, 4.69) is 69.6 Å². The van der Waals surface area contributed by atoms with Crippen LogP contribution < -0.4 is 0 Å². The molecule has 4 heteroatoms. The predicted molar refractivity (Wildman–Crippen MR) is 130 cm³/mol. The third-order valence-corrected chi connectivity index (χ3v) is 6.70. The lowest BCUT2D eigenvalue weighted by atomic mass is 9.97. The number of hydrogen-bond acceptors (Lipinski definition) is 2. The second-order valence-electron chi connectivity index (χ2n) is 7.31. The van der Waals surface area contributed by atoms with E-state index in [0.717, 1.165) is 37.0 Å². The molecular formula is C26H17IN2O. The Bertz CT molecular complexity index is 1440. The van der Waals surface area contributed by atoms with Gasteiger partial charge in [0.15, 0.2) is 0 Å². The molecule has 1 heterocycles. The van der Waals surface area contributed by atoms with E-state index in [1.165, 1.54) is 10.8 Å². The third-order valence-electron chi connectivity index (χ3n) is 5.58. The minimum absolute atomic E-state index is 0.202. The molecule has 30 heavy (non-hydrogen) atoms. The summed E-state index contributed by atoms with van der Waals surface area (Å²) in [5.41, 5.74) is 6.43. The first-order chi connectivity index (χ1) is 14.6. The fourth-order valence-electron chi connectivity index (χ4n) is 4.10. The number of aromatic hydroxyl groups is 1. The maximum Gasteiger partial charge on any atom is 0.123 e. The van der Waals surface area contributed by atoms with Crippen LogP contribution in [-0.4, -0.2) is 9.67 Å². The van der Waals surface area contributed by atoms with E-state index in [1.807, 2.05) is 43.3 Å². The SMILES string of the molecule is Cc1c(I)cc(C#N)cc1-c1cc(-n2c3ccccc3c3ccccc32)ccc1O. The lowest BCUT2D eigenvalue weighted by Gasteiger charge is -2.14. The number of benzene rings is 4. The smallest absolute Gasteiger partial charge is 0.123 e. The molecule has 0 saturated carbocycles. The van der Waals surface area contributed by atoms with Gasteiger partial charge in [0.05, 0.1) is 22.7 Å². The van der Waals surface area contributed by atoms with Crippen LogP contribution in [0.15, 0.2) is 78.9 Å². The number of fused-ring (bicyclic) bond motifs is 3. The number of para-hydroxylation sites is 2. The number of phenols is 1. The Morgan fingerprint density at radius 3 is 2.10 bits per heavy atom. The highest BCUT2D eigenvalue weighted by atomic mass is 127. The summed E-state index contributed by atoms with van der Waals surface area (Å²) in [6.07, 6.45) is 0. The normalized spacial score (nSPS) is 11.1. The number of rotatable bonds is 2. The van der Waals surface area contributed by atoms with Gasteiger partial charge in [-0.25, -0.2) is 0 Å². The molecule has 0 radical (unpaired) electrons. The molecule has 144 valence electrons. The molecule has 5 aromatic rings. The summed E-state index contributed by atoms with van der Waals surface area (Å²) in [6.45, 7) is 2.02. The zero-order valence-corrected chi connectivity index (χ0v) is 18.4. The van der Waals surface area contributed by atoms with E-state index in [-0.39, 0.29) is 5.75 Å². The molecule has 3 nitrogen and oxygen atoms in total. The summed E-state index contributed by atoms with van der Waals surface area (Å²) in [7, 11) is 0. The summed E-state index contributed by atoms with van der Waals surface area (Å²) in [6, 6.07) is 28.3. The van der Waals surface area contributed by atoms with Crippen molar-refractivity contribution in [2.24, 2.45) is 0 Å². The molecular weight excluding hydrogens is 483 g/mol. The molecule has 0 bridgehead atoms. The van der Waals surface area contributed by atoms with Gasteiger partial charge in [0, 0.05) is 25.6 Å². The Morgan fingerprint density at radius 1 is 0.833 bits per heavy atom. The molecule has 0 spiro atoms. The van der Waals surface area contributed by atoms with Crippen LogP contribution >= 0.6 is 22.6 Å². The van der Waals surface area contributed by atoms with E-state index in [4.69, 9.17) is 0 Å². The fourth-order valence-corrected chi connectivity index (χ4v) is 4.73. The Hall–Kier alpha value is -3.30. The monoisotopic (exact) mass is 500 g/mol. The van der Waals surface area contributed by atoms with Gasteiger partial charge in [0.2, 0.25) is 0 Å². The number of aromatic nitrogens is 1. The van der Waals surface area contributed by atoms with Crippen LogP contribution in [0.2, 0.25) is 0 Å². The Kier molecular flexibility index (Phi) is 4.48. The van der Waals surface area contributed by atoms with Crippen molar-refractivity contribution in [1.29, 1.82) is 5.26 Å². The highest BCUT2D eigenvalue weighted by Crippen LogP contribution is 2.38. The molecule has 0 aliphatic rings. The van der Waals surface area contributed by atoms with Crippen LogP contribution in [0, 0.1) is 21.8 Å².